The maximum absolute atomic E-state index is 12.5. The van der Waals surface area contributed by atoms with Gasteiger partial charge in [0.25, 0.3) is 0 Å². The smallest absolute Gasteiger partial charge is 0.123 e. The van der Waals surface area contributed by atoms with Crippen LogP contribution in [0, 0.1) is 12.7 Å². The zero-order valence-corrected chi connectivity index (χ0v) is 7.39. The van der Waals surface area contributed by atoms with E-state index in [-0.39, 0.29) is 5.82 Å². The first-order valence-corrected chi connectivity index (χ1v) is 4.28. The molecule has 1 unspecified atom stereocenters. The SMILES string of the molecule is [CH2]CCC(C)c1ccc(F)cc1. The van der Waals surface area contributed by atoms with E-state index in [0.717, 1.165) is 12.8 Å². The highest BCUT2D eigenvalue weighted by Gasteiger charge is 2.03. The van der Waals surface area contributed by atoms with Crippen LogP contribution in [0.3, 0.4) is 0 Å². The Balaban J connectivity index is 2.68. The van der Waals surface area contributed by atoms with Gasteiger partial charge in [-0.2, -0.15) is 0 Å². The molecule has 0 heterocycles. The molecule has 0 saturated heterocycles. The summed E-state index contributed by atoms with van der Waals surface area (Å²) in [6.45, 7) is 5.93. The number of halogens is 1. The lowest BCUT2D eigenvalue weighted by atomic mass is 9.97. The van der Waals surface area contributed by atoms with Crippen LogP contribution >= 0.6 is 0 Å². The zero-order valence-electron chi connectivity index (χ0n) is 7.39. The third-order valence-electron chi connectivity index (χ3n) is 2.08. The molecule has 1 atom stereocenters. The van der Waals surface area contributed by atoms with Crippen molar-refractivity contribution in [2.24, 2.45) is 0 Å². The predicted molar refractivity (Wildman–Crippen MR) is 49.4 cm³/mol. The first kappa shape index (κ1) is 9.24. The molecule has 1 aromatic rings. The van der Waals surface area contributed by atoms with Crippen LogP contribution in [0.25, 0.3) is 0 Å². The van der Waals surface area contributed by atoms with Crippen LogP contribution < -0.4 is 0 Å². The van der Waals surface area contributed by atoms with E-state index in [1.165, 1.54) is 17.7 Å². The minimum absolute atomic E-state index is 0.166. The molecule has 1 rings (SSSR count). The molecule has 0 aromatic heterocycles. The normalized spacial score (nSPS) is 12.9. The Morgan fingerprint density at radius 3 is 2.42 bits per heavy atom. The van der Waals surface area contributed by atoms with Crippen molar-refractivity contribution >= 4 is 0 Å². The van der Waals surface area contributed by atoms with Gasteiger partial charge >= 0.3 is 0 Å². The summed E-state index contributed by atoms with van der Waals surface area (Å²) in [6.07, 6.45) is 1.99. The van der Waals surface area contributed by atoms with Gasteiger partial charge in [0.05, 0.1) is 0 Å². The Morgan fingerprint density at radius 1 is 1.33 bits per heavy atom. The Labute approximate surface area is 73.4 Å². The molecule has 0 amide bonds. The molecule has 1 heteroatoms. The molecule has 0 N–H and O–H groups in total. The Kier molecular flexibility index (Phi) is 3.27. The van der Waals surface area contributed by atoms with Crippen LogP contribution in [-0.4, -0.2) is 0 Å². The topological polar surface area (TPSA) is 0 Å². The van der Waals surface area contributed by atoms with E-state index in [2.05, 4.69) is 13.8 Å². The standard InChI is InChI=1S/C11H14F/c1-3-4-9(2)10-5-7-11(12)8-6-10/h5-9H,1,3-4H2,2H3. The van der Waals surface area contributed by atoms with E-state index in [1.807, 2.05) is 12.1 Å². The van der Waals surface area contributed by atoms with Crippen molar-refractivity contribution in [3.05, 3.63) is 42.6 Å². The second-order valence-electron chi connectivity index (χ2n) is 3.09. The van der Waals surface area contributed by atoms with Crippen molar-refractivity contribution in [3.63, 3.8) is 0 Å². The minimum atomic E-state index is -0.166. The van der Waals surface area contributed by atoms with E-state index in [0.29, 0.717) is 5.92 Å². The van der Waals surface area contributed by atoms with Crippen LogP contribution in [0.4, 0.5) is 4.39 Å². The van der Waals surface area contributed by atoms with Gasteiger partial charge in [0.2, 0.25) is 0 Å². The van der Waals surface area contributed by atoms with Gasteiger partial charge in [-0.05, 0) is 30.0 Å². The summed E-state index contributed by atoms with van der Waals surface area (Å²) in [4.78, 5) is 0. The van der Waals surface area contributed by atoms with Crippen LogP contribution in [0.2, 0.25) is 0 Å². The summed E-state index contributed by atoms with van der Waals surface area (Å²) in [6, 6.07) is 6.70. The molecule has 65 valence electrons. The fourth-order valence-electron chi connectivity index (χ4n) is 1.26. The van der Waals surface area contributed by atoms with E-state index >= 15 is 0 Å². The largest absolute Gasteiger partial charge is 0.207 e. The maximum atomic E-state index is 12.5. The predicted octanol–water partition coefficient (Wildman–Crippen LogP) is 3.54. The Morgan fingerprint density at radius 2 is 1.92 bits per heavy atom. The molecule has 1 aromatic carbocycles. The second kappa shape index (κ2) is 4.24. The molecule has 0 bridgehead atoms. The monoisotopic (exact) mass is 165 g/mol. The summed E-state index contributed by atoms with van der Waals surface area (Å²) in [5, 5.41) is 0. The number of rotatable bonds is 3. The van der Waals surface area contributed by atoms with Gasteiger partial charge in [-0.25, -0.2) is 4.39 Å². The van der Waals surface area contributed by atoms with Crippen LogP contribution in [0.1, 0.15) is 31.2 Å². The molecule has 0 saturated carbocycles. The number of hydrogen-bond donors (Lipinski definition) is 0. The average Bonchev–Trinajstić information content (AvgIpc) is 2.06. The van der Waals surface area contributed by atoms with Gasteiger partial charge in [0.1, 0.15) is 5.82 Å². The number of hydrogen-bond acceptors (Lipinski definition) is 0. The van der Waals surface area contributed by atoms with E-state index in [1.54, 1.807) is 0 Å². The first-order valence-electron chi connectivity index (χ1n) is 4.28. The summed E-state index contributed by atoms with van der Waals surface area (Å²) in [5.74, 6) is 0.323. The van der Waals surface area contributed by atoms with Crippen molar-refractivity contribution in [2.45, 2.75) is 25.7 Å². The quantitative estimate of drug-likeness (QED) is 0.642. The van der Waals surface area contributed by atoms with Gasteiger partial charge in [-0.15, -0.1) is 0 Å². The van der Waals surface area contributed by atoms with Gasteiger partial charge in [-0.3, -0.25) is 0 Å². The molecule has 0 aliphatic carbocycles. The highest BCUT2D eigenvalue weighted by Crippen LogP contribution is 2.19. The molecular weight excluding hydrogens is 151 g/mol. The molecular formula is C11H14F. The first-order chi connectivity index (χ1) is 5.74. The molecule has 0 aliphatic rings. The molecule has 0 spiro atoms. The van der Waals surface area contributed by atoms with Crippen molar-refractivity contribution in [3.8, 4) is 0 Å². The second-order valence-corrected chi connectivity index (χ2v) is 3.09. The Hall–Kier alpha value is -0.850. The molecule has 1 radical (unpaired) electrons. The van der Waals surface area contributed by atoms with Crippen molar-refractivity contribution in [1.29, 1.82) is 0 Å². The highest BCUT2D eigenvalue weighted by molar-refractivity contribution is 5.19. The van der Waals surface area contributed by atoms with E-state index in [9.17, 15) is 4.39 Å². The minimum Gasteiger partial charge on any atom is -0.207 e. The molecule has 0 nitrogen and oxygen atoms in total. The van der Waals surface area contributed by atoms with E-state index < -0.39 is 0 Å². The fraction of sp³-hybridized carbons (Fsp3) is 0.364. The lowest BCUT2D eigenvalue weighted by Crippen LogP contribution is -1.92. The third kappa shape index (κ3) is 2.33. The number of benzene rings is 1. The summed E-state index contributed by atoms with van der Waals surface area (Å²) < 4.78 is 12.5. The highest BCUT2D eigenvalue weighted by atomic mass is 19.1. The summed E-state index contributed by atoms with van der Waals surface area (Å²) in [7, 11) is 0. The van der Waals surface area contributed by atoms with Gasteiger partial charge in [-0.1, -0.05) is 32.4 Å². The van der Waals surface area contributed by atoms with Gasteiger partial charge < -0.3 is 0 Å². The third-order valence-corrected chi connectivity index (χ3v) is 2.08. The average molecular weight is 165 g/mol. The van der Waals surface area contributed by atoms with Gasteiger partial charge in [0, 0.05) is 0 Å². The lowest BCUT2D eigenvalue weighted by Gasteiger charge is -2.09. The maximum Gasteiger partial charge on any atom is 0.123 e. The molecule has 0 fully saturated rings. The zero-order chi connectivity index (χ0) is 8.97. The van der Waals surface area contributed by atoms with Crippen LogP contribution in [0.15, 0.2) is 24.3 Å². The van der Waals surface area contributed by atoms with Crippen molar-refractivity contribution < 1.29 is 4.39 Å². The van der Waals surface area contributed by atoms with Crippen LogP contribution in [0.5, 0.6) is 0 Å². The van der Waals surface area contributed by atoms with Gasteiger partial charge in [0.15, 0.2) is 0 Å². The molecule has 0 aliphatic heterocycles. The van der Waals surface area contributed by atoms with Crippen molar-refractivity contribution in [1.82, 2.24) is 0 Å². The summed E-state index contributed by atoms with van der Waals surface area (Å²) >= 11 is 0. The summed E-state index contributed by atoms with van der Waals surface area (Å²) in [5.41, 5.74) is 1.19. The Bertz CT molecular complexity index is 225. The van der Waals surface area contributed by atoms with Crippen LogP contribution in [-0.2, 0) is 0 Å². The fourth-order valence-corrected chi connectivity index (χ4v) is 1.26. The van der Waals surface area contributed by atoms with E-state index in [4.69, 9.17) is 0 Å². The molecule has 12 heavy (non-hydrogen) atoms. The van der Waals surface area contributed by atoms with Crippen molar-refractivity contribution in [2.75, 3.05) is 0 Å². The lowest BCUT2D eigenvalue weighted by molar-refractivity contribution is 0.623.